The maximum absolute atomic E-state index is 14.0. The first-order chi connectivity index (χ1) is 14.6. The molecule has 1 aromatic carbocycles. The second kappa shape index (κ2) is 6.55. The average molecular weight is 457 g/mol. The van der Waals surface area contributed by atoms with Crippen molar-refractivity contribution in [2.24, 2.45) is 0 Å². The number of imidazole rings is 1. The minimum atomic E-state index is -3.91. The summed E-state index contributed by atoms with van der Waals surface area (Å²) >= 11 is 0. The standard InChI is InChI=1S/C19H15F4N3O4S/c1-2-31(27,28)15-5-10(9-3-4-9)8-24-16(15)17-25-11-6-13-14(30-19(22,23)29-13)7-12(11)26(17)18(20)21/h5-9,18H,2-4H2,1H3. The van der Waals surface area contributed by atoms with E-state index < -0.39 is 34.3 Å². The zero-order valence-electron chi connectivity index (χ0n) is 16.0. The van der Waals surface area contributed by atoms with Crippen LogP contribution in [0.15, 0.2) is 29.3 Å². The van der Waals surface area contributed by atoms with Gasteiger partial charge in [0.15, 0.2) is 27.2 Å². The molecule has 0 spiro atoms. The van der Waals surface area contributed by atoms with E-state index in [1.807, 2.05) is 0 Å². The number of alkyl halides is 4. The molecule has 31 heavy (non-hydrogen) atoms. The van der Waals surface area contributed by atoms with Gasteiger partial charge in [0.25, 0.3) is 0 Å². The number of aromatic nitrogens is 3. The molecule has 3 heterocycles. The van der Waals surface area contributed by atoms with Gasteiger partial charge in [-0.05, 0) is 30.4 Å². The predicted octanol–water partition coefficient (Wildman–Crippen LogP) is 4.49. The summed E-state index contributed by atoms with van der Waals surface area (Å²) in [5, 5.41) is 0. The van der Waals surface area contributed by atoms with Crippen LogP contribution in [0.25, 0.3) is 22.6 Å². The summed E-state index contributed by atoms with van der Waals surface area (Å²) in [6, 6.07) is 3.46. The Morgan fingerprint density at radius 1 is 1.19 bits per heavy atom. The smallest absolute Gasteiger partial charge is 0.395 e. The number of sulfone groups is 1. The molecule has 0 N–H and O–H groups in total. The van der Waals surface area contributed by atoms with Gasteiger partial charge in [0.2, 0.25) is 0 Å². The summed E-state index contributed by atoms with van der Waals surface area (Å²) in [6.07, 6.45) is -0.650. The van der Waals surface area contributed by atoms with Gasteiger partial charge in [-0.15, -0.1) is 8.78 Å². The Hall–Kier alpha value is -2.89. The predicted molar refractivity (Wildman–Crippen MR) is 100 cm³/mol. The van der Waals surface area contributed by atoms with E-state index in [0.717, 1.165) is 30.5 Å². The largest absolute Gasteiger partial charge is 0.586 e. The molecule has 1 fully saturated rings. The molecule has 0 unspecified atom stereocenters. The molecule has 2 aliphatic rings. The molecule has 1 aliphatic heterocycles. The number of hydrogen-bond donors (Lipinski definition) is 0. The normalized spacial score (nSPS) is 17.6. The van der Waals surface area contributed by atoms with Crippen molar-refractivity contribution in [2.75, 3.05) is 5.75 Å². The summed E-state index contributed by atoms with van der Waals surface area (Å²) < 4.78 is 89.3. The van der Waals surface area contributed by atoms with E-state index in [-0.39, 0.29) is 39.0 Å². The highest BCUT2D eigenvalue weighted by atomic mass is 32.2. The third-order valence-electron chi connectivity index (χ3n) is 5.26. The topological polar surface area (TPSA) is 83.3 Å². The van der Waals surface area contributed by atoms with E-state index >= 15 is 0 Å². The number of fused-ring (bicyclic) bond motifs is 2. The van der Waals surface area contributed by atoms with Gasteiger partial charge in [0, 0.05) is 18.3 Å². The molecule has 7 nitrogen and oxygen atoms in total. The summed E-state index contributed by atoms with van der Waals surface area (Å²) in [7, 11) is -3.82. The molecule has 3 aromatic rings. The average Bonchev–Trinajstić information content (AvgIpc) is 3.41. The highest BCUT2D eigenvalue weighted by Gasteiger charge is 2.44. The Morgan fingerprint density at radius 3 is 2.48 bits per heavy atom. The molecule has 1 aliphatic carbocycles. The quantitative estimate of drug-likeness (QED) is 0.525. The fraction of sp³-hybridized carbons (Fsp3) is 0.368. The van der Waals surface area contributed by atoms with Crippen LogP contribution in [0.1, 0.15) is 37.8 Å². The number of hydrogen-bond acceptors (Lipinski definition) is 6. The molecule has 1 saturated carbocycles. The van der Waals surface area contributed by atoms with Crippen molar-refractivity contribution >= 4 is 20.9 Å². The van der Waals surface area contributed by atoms with E-state index in [1.165, 1.54) is 19.2 Å². The highest BCUT2D eigenvalue weighted by molar-refractivity contribution is 7.91. The summed E-state index contributed by atoms with van der Waals surface area (Å²) in [5.41, 5.74) is 0.176. The van der Waals surface area contributed by atoms with Crippen LogP contribution in [0.5, 0.6) is 11.5 Å². The van der Waals surface area contributed by atoms with Crippen LogP contribution < -0.4 is 9.47 Å². The first kappa shape index (κ1) is 20.0. The molecule has 0 amide bonds. The van der Waals surface area contributed by atoms with Crippen LogP contribution in [0.4, 0.5) is 17.6 Å². The van der Waals surface area contributed by atoms with Crippen LogP contribution in [0.2, 0.25) is 0 Å². The van der Waals surface area contributed by atoms with Gasteiger partial charge in [-0.3, -0.25) is 9.55 Å². The Labute approximate surface area is 173 Å². The number of ether oxygens (including phenoxy) is 2. The minimum Gasteiger partial charge on any atom is -0.395 e. The van der Waals surface area contributed by atoms with Crippen molar-refractivity contribution in [3.63, 3.8) is 0 Å². The monoisotopic (exact) mass is 457 g/mol. The third-order valence-corrected chi connectivity index (χ3v) is 7.00. The molecule has 12 heteroatoms. The van der Waals surface area contributed by atoms with Crippen molar-refractivity contribution < 1.29 is 35.5 Å². The second-order valence-corrected chi connectivity index (χ2v) is 9.58. The maximum Gasteiger partial charge on any atom is 0.586 e. The molecule has 164 valence electrons. The lowest BCUT2D eigenvalue weighted by atomic mass is 10.2. The molecular weight excluding hydrogens is 442 g/mol. The van der Waals surface area contributed by atoms with Crippen molar-refractivity contribution in [3.05, 3.63) is 30.0 Å². The van der Waals surface area contributed by atoms with Gasteiger partial charge in [-0.1, -0.05) is 6.92 Å². The summed E-state index contributed by atoms with van der Waals surface area (Å²) in [4.78, 5) is 8.10. The van der Waals surface area contributed by atoms with Crippen LogP contribution in [0, 0.1) is 0 Å². The Kier molecular flexibility index (Phi) is 4.24. The van der Waals surface area contributed by atoms with Crippen LogP contribution in [-0.4, -0.2) is 35.0 Å². The minimum absolute atomic E-state index is 0.0942. The number of nitrogens with zero attached hydrogens (tertiary/aromatic N) is 3. The SMILES string of the molecule is CCS(=O)(=O)c1cc(C2CC2)cnc1-c1nc2cc3c(cc2n1C(F)F)OC(F)(F)O3. The number of benzene rings is 1. The van der Waals surface area contributed by atoms with Crippen molar-refractivity contribution in [3.8, 4) is 23.0 Å². The molecule has 0 saturated heterocycles. The van der Waals surface area contributed by atoms with Gasteiger partial charge in [0.1, 0.15) is 5.69 Å². The molecule has 5 rings (SSSR count). The van der Waals surface area contributed by atoms with Crippen molar-refractivity contribution in [1.82, 2.24) is 14.5 Å². The molecule has 0 bridgehead atoms. The van der Waals surface area contributed by atoms with Gasteiger partial charge in [-0.2, -0.15) is 8.78 Å². The van der Waals surface area contributed by atoms with Crippen molar-refractivity contribution in [1.29, 1.82) is 0 Å². The Morgan fingerprint density at radius 2 is 1.87 bits per heavy atom. The lowest BCUT2D eigenvalue weighted by Crippen LogP contribution is -2.25. The van der Waals surface area contributed by atoms with Gasteiger partial charge in [-0.25, -0.2) is 13.4 Å². The number of halogens is 4. The maximum atomic E-state index is 14.0. The zero-order chi connectivity index (χ0) is 22.1. The number of rotatable bonds is 5. The fourth-order valence-corrected chi connectivity index (χ4v) is 4.63. The molecule has 0 atom stereocenters. The lowest BCUT2D eigenvalue weighted by molar-refractivity contribution is -0.286. The highest BCUT2D eigenvalue weighted by Crippen LogP contribution is 2.45. The van der Waals surface area contributed by atoms with Crippen LogP contribution >= 0.6 is 0 Å². The van der Waals surface area contributed by atoms with E-state index in [2.05, 4.69) is 19.4 Å². The van der Waals surface area contributed by atoms with E-state index in [4.69, 9.17) is 0 Å². The van der Waals surface area contributed by atoms with E-state index in [9.17, 15) is 26.0 Å². The summed E-state index contributed by atoms with van der Waals surface area (Å²) in [5.74, 6) is -1.24. The summed E-state index contributed by atoms with van der Waals surface area (Å²) in [6.45, 7) is -1.71. The van der Waals surface area contributed by atoms with Crippen molar-refractivity contribution in [2.45, 2.75) is 43.4 Å². The molecule has 0 radical (unpaired) electrons. The second-order valence-electron chi connectivity index (χ2n) is 7.33. The Bertz CT molecular complexity index is 1320. The van der Waals surface area contributed by atoms with Gasteiger partial charge < -0.3 is 9.47 Å². The Balaban J connectivity index is 1.75. The van der Waals surface area contributed by atoms with E-state index in [0.29, 0.717) is 4.57 Å². The lowest BCUT2D eigenvalue weighted by Gasteiger charge is -2.12. The first-order valence-corrected chi connectivity index (χ1v) is 11.1. The molecular formula is C19H15F4N3O4S. The van der Waals surface area contributed by atoms with E-state index in [1.54, 1.807) is 0 Å². The van der Waals surface area contributed by atoms with Gasteiger partial charge in [0.05, 0.1) is 21.7 Å². The van der Waals surface area contributed by atoms with Crippen LogP contribution in [-0.2, 0) is 9.84 Å². The fourth-order valence-electron chi connectivity index (χ4n) is 3.56. The first-order valence-electron chi connectivity index (χ1n) is 9.42. The van der Waals surface area contributed by atoms with Gasteiger partial charge >= 0.3 is 12.8 Å². The van der Waals surface area contributed by atoms with Crippen LogP contribution in [0.3, 0.4) is 0 Å². The third kappa shape index (κ3) is 3.29. The zero-order valence-corrected chi connectivity index (χ0v) is 16.8. The number of pyridine rings is 1. The molecule has 2 aromatic heterocycles.